The fourth-order valence-electron chi connectivity index (χ4n) is 2.36. The van der Waals surface area contributed by atoms with Crippen molar-refractivity contribution in [3.8, 4) is 11.5 Å². The van der Waals surface area contributed by atoms with Gasteiger partial charge in [-0.2, -0.15) is 0 Å². The molecule has 5 nitrogen and oxygen atoms in total. The molecule has 1 fully saturated rings. The molecule has 1 aromatic rings. The molecular formula is C14H17NO4. The number of anilines is 1. The van der Waals surface area contributed by atoms with Crippen LogP contribution in [0.4, 0.5) is 5.69 Å². The van der Waals surface area contributed by atoms with Crippen molar-refractivity contribution in [2.45, 2.75) is 18.9 Å². The molecule has 0 bridgehead atoms. The number of carbonyl (C=O) groups is 1. The summed E-state index contributed by atoms with van der Waals surface area (Å²) in [6, 6.07) is 5.53. The van der Waals surface area contributed by atoms with Crippen molar-refractivity contribution in [2.75, 3.05) is 31.8 Å². The predicted molar refractivity (Wildman–Crippen MR) is 69.8 cm³/mol. The van der Waals surface area contributed by atoms with E-state index in [0.29, 0.717) is 25.6 Å². The Labute approximate surface area is 112 Å². The third-order valence-corrected chi connectivity index (χ3v) is 3.45. The number of likely N-dealkylation sites (N-methyl/N-ethyl adjacent to an activating group) is 1. The van der Waals surface area contributed by atoms with Crippen LogP contribution in [-0.4, -0.2) is 38.9 Å². The monoisotopic (exact) mass is 263 g/mol. The highest BCUT2D eigenvalue weighted by molar-refractivity contribution is 5.96. The van der Waals surface area contributed by atoms with E-state index in [9.17, 15) is 4.79 Å². The lowest BCUT2D eigenvalue weighted by molar-refractivity contribution is -0.127. The predicted octanol–water partition coefficient (Wildman–Crippen LogP) is 1.60. The van der Waals surface area contributed by atoms with Crippen LogP contribution in [0.2, 0.25) is 0 Å². The van der Waals surface area contributed by atoms with Gasteiger partial charge in [-0.3, -0.25) is 4.79 Å². The van der Waals surface area contributed by atoms with Gasteiger partial charge in [-0.05, 0) is 25.0 Å². The molecule has 1 unspecified atom stereocenters. The first-order valence-electron chi connectivity index (χ1n) is 6.54. The number of carbonyl (C=O) groups excluding carboxylic acids is 1. The van der Waals surface area contributed by atoms with Crippen molar-refractivity contribution in [3.63, 3.8) is 0 Å². The van der Waals surface area contributed by atoms with E-state index < -0.39 is 0 Å². The van der Waals surface area contributed by atoms with E-state index in [1.807, 2.05) is 18.2 Å². The van der Waals surface area contributed by atoms with Gasteiger partial charge in [-0.1, -0.05) is 0 Å². The van der Waals surface area contributed by atoms with Crippen LogP contribution in [0.15, 0.2) is 18.2 Å². The quantitative estimate of drug-likeness (QED) is 0.813. The molecule has 2 aliphatic heterocycles. The van der Waals surface area contributed by atoms with Crippen LogP contribution in [0.5, 0.6) is 11.5 Å². The van der Waals surface area contributed by atoms with Crippen molar-refractivity contribution in [2.24, 2.45) is 0 Å². The second kappa shape index (κ2) is 5.09. The zero-order valence-electron chi connectivity index (χ0n) is 10.9. The molecular weight excluding hydrogens is 246 g/mol. The average Bonchev–Trinajstić information content (AvgIpc) is 2.99. The van der Waals surface area contributed by atoms with Gasteiger partial charge in [-0.15, -0.1) is 0 Å². The Morgan fingerprint density at radius 2 is 2.00 bits per heavy atom. The fraction of sp³-hybridized carbons (Fsp3) is 0.500. The molecule has 3 rings (SSSR count). The number of benzene rings is 1. The van der Waals surface area contributed by atoms with E-state index in [-0.39, 0.29) is 12.0 Å². The van der Waals surface area contributed by atoms with Crippen LogP contribution in [0.25, 0.3) is 0 Å². The van der Waals surface area contributed by atoms with Gasteiger partial charge in [0.15, 0.2) is 11.5 Å². The van der Waals surface area contributed by atoms with Gasteiger partial charge in [0.1, 0.15) is 19.3 Å². The zero-order valence-corrected chi connectivity index (χ0v) is 10.9. The van der Waals surface area contributed by atoms with Gasteiger partial charge in [0, 0.05) is 25.4 Å². The number of hydrogen-bond acceptors (Lipinski definition) is 4. The van der Waals surface area contributed by atoms with E-state index in [1.54, 1.807) is 11.9 Å². The number of amides is 1. The Kier molecular flexibility index (Phi) is 3.29. The summed E-state index contributed by atoms with van der Waals surface area (Å²) in [5, 5.41) is 0. The number of fused-ring (bicyclic) bond motifs is 1. The molecule has 1 atom stereocenters. The number of nitrogens with zero attached hydrogens (tertiary/aromatic N) is 1. The highest BCUT2D eigenvalue weighted by Crippen LogP contribution is 2.34. The molecule has 2 aliphatic rings. The third kappa shape index (κ3) is 2.38. The molecule has 102 valence electrons. The van der Waals surface area contributed by atoms with Crippen LogP contribution < -0.4 is 14.4 Å². The minimum absolute atomic E-state index is 0.00539. The lowest BCUT2D eigenvalue weighted by Crippen LogP contribution is -2.36. The molecule has 0 aromatic heterocycles. The van der Waals surface area contributed by atoms with Crippen molar-refractivity contribution < 1.29 is 19.0 Å². The molecule has 1 amide bonds. The lowest BCUT2D eigenvalue weighted by Gasteiger charge is -2.24. The molecule has 2 heterocycles. The molecule has 0 radical (unpaired) electrons. The van der Waals surface area contributed by atoms with Crippen LogP contribution in [0.3, 0.4) is 0 Å². The molecule has 1 saturated heterocycles. The maximum Gasteiger partial charge on any atom is 0.255 e. The Bertz CT molecular complexity index is 482. The summed E-state index contributed by atoms with van der Waals surface area (Å²) in [4.78, 5) is 13.9. The molecule has 0 saturated carbocycles. The third-order valence-electron chi connectivity index (χ3n) is 3.45. The van der Waals surface area contributed by atoms with Crippen molar-refractivity contribution in [1.82, 2.24) is 0 Å². The zero-order chi connectivity index (χ0) is 13.2. The first-order valence-corrected chi connectivity index (χ1v) is 6.54. The summed E-state index contributed by atoms with van der Waals surface area (Å²) in [6.07, 6.45) is 1.44. The maximum absolute atomic E-state index is 12.2. The summed E-state index contributed by atoms with van der Waals surface area (Å²) in [7, 11) is 1.76. The maximum atomic E-state index is 12.2. The molecule has 0 aliphatic carbocycles. The van der Waals surface area contributed by atoms with E-state index in [4.69, 9.17) is 14.2 Å². The van der Waals surface area contributed by atoms with Crippen LogP contribution in [-0.2, 0) is 9.53 Å². The number of rotatable bonds is 2. The SMILES string of the molecule is CN(C(=O)C1CCCO1)c1ccc2c(c1)OCCO2. The molecule has 19 heavy (non-hydrogen) atoms. The first-order chi connectivity index (χ1) is 9.25. The second-order valence-corrected chi connectivity index (χ2v) is 4.73. The number of ether oxygens (including phenoxy) is 3. The Morgan fingerprint density at radius 1 is 1.21 bits per heavy atom. The normalized spacial score (nSPS) is 21.2. The van der Waals surface area contributed by atoms with Gasteiger partial charge in [-0.25, -0.2) is 0 Å². The van der Waals surface area contributed by atoms with Crippen molar-refractivity contribution >= 4 is 11.6 Å². The van der Waals surface area contributed by atoms with Gasteiger partial charge < -0.3 is 19.1 Å². The van der Waals surface area contributed by atoms with Gasteiger partial charge in [0.2, 0.25) is 0 Å². The van der Waals surface area contributed by atoms with Crippen LogP contribution in [0, 0.1) is 0 Å². The largest absolute Gasteiger partial charge is 0.486 e. The Balaban J connectivity index is 1.79. The van der Waals surface area contributed by atoms with E-state index in [0.717, 1.165) is 24.3 Å². The standard InChI is InChI=1S/C14H17NO4/c1-15(14(16)12-3-2-6-17-12)10-4-5-11-13(9-10)19-8-7-18-11/h4-5,9,12H,2-3,6-8H2,1H3. The van der Waals surface area contributed by atoms with Crippen molar-refractivity contribution in [3.05, 3.63) is 18.2 Å². The summed E-state index contributed by atoms with van der Waals surface area (Å²) in [6.45, 7) is 1.78. The second-order valence-electron chi connectivity index (χ2n) is 4.73. The van der Waals surface area contributed by atoms with Crippen molar-refractivity contribution in [1.29, 1.82) is 0 Å². The Morgan fingerprint density at radius 3 is 2.74 bits per heavy atom. The summed E-state index contributed by atoms with van der Waals surface area (Å²) in [5.41, 5.74) is 0.796. The van der Waals surface area contributed by atoms with Gasteiger partial charge >= 0.3 is 0 Å². The van der Waals surface area contributed by atoms with E-state index >= 15 is 0 Å². The smallest absolute Gasteiger partial charge is 0.255 e. The van der Waals surface area contributed by atoms with Crippen LogP contribution >= 0.6 is 0 Å². The summed E-state index contributed by atoms with van der Waals surface area (Å²) < 4.78 is 16.4. The van der Waals surface area contributed by atoms with Gasteiger partial charge in [0.25, 0.3) is 5.91 Å². The molecule has 5 heteroatoms. The topological polar surface area (TPSA) is 48.0 Å². The van der Waals surface area contributed by atoms with E-state index in [1.165, 1.54) is 0 Å². The highest BCUT2D eigenvalue weighted by Gasteiger charge is 2.27. The first kappa shape index (κ1) is 12.3. The lowest BCUT2D eigenvalue weighted by atomic mass is 10.2. The molecule has 1 aromatic carbocycles. The minimum Gasteiger partial charge on any atom is -0.486 e. The van der Waals surface area contributed by atoms with Crippen LogP contribution in [0.1, 0.15) is 12.8 Å². The molecule has 0 spiro atoms. The summed E-state index contributed by atoms with van der Waals surface area (Å²) in [5.74, 6) is 1.41. The average molecular weight is 263 g/mol. The van der Waals surface area contributed by atoms with Gasteiger partial charge in [0.05, 0.1) is 0 Å². The highest BCUT2D eigenvalue weighted by atomic mass is 16.6. The minimum atomic E-state index is -0.307. The summed E-state index contributed by atoms with van der Waals surface area (Å²) >= 11 is 0. The number of hydrogen-bond donors (Lipinski definition) is 0. The molecule has 0 N–H and O–H groups in total. The fourth-order valence-corrected chi connectivity index (χ4v) is 2.36. The Hall–Kier alpha value is -1.75. The van der Waals surface area contributed by atoms with E-state index in [2.05, 4.69) is 0 Å².